The Morgan fingerprint density at radius 3 is 2.23 bits per heavy atom. The fraction of sp³-hybridized carbons (Fsp3) is 0.524. The van der Waals surface area contributed by atoms with Crippen LogP contribution in [0.1, 0.15) is 24.9 Å². The van der Waals surface area contributed by atoms with E-state index < -0.39 is 25.0 Å². The van der Waals surface area contributed by atoms with Crippen molar-refractivity contribution >= 4 is 55.6 Å². The molecule has 1 aliphatic heterocycles. The number of carbonyl (C=O) groups is 4. The molecule has 160 valence electrons. The first-order valence-electron chi connectivity index (χ1n) is 9.93. The number of carbonyl (C=O) groups excluding carboxylic acids is 4. The minimum atomic E-state index is -0.766. The van der Waals surface area contributed by atoms with E-state index >= 15 is 0 Å². The molecule has 3 amide bonds. The van der Waals surface area contributed by atoms with Crippen LogP contribution in [0, 0.1) is 23.7 Å². The van der Waals surface area contributed by atoms with Crippen molar-refractivity contribution in [3.8, 4) is 0 Å². The van der Waals surface area contributed by atoms with Crippen LogP contribution in [-0.4, -0.2) is 51.4 Å². The van der Waals surface area contributed by atoms with Crippen molar-refractivity contribution in [2.75, 3.05) is 13.2 Å². The van der Waals surface area contributed by atoms with E-state index in [4.69, 9.17) is 4.74 Å². The van der Waals surface area contributed by atoms with Crippen LogP contribution in [0.4, 0.5) is 0 Å². The fourth-order valence-corrected chi connectivity index (χ4v) is 6.87. The molecule has 2 aliphatic carbocycles. The number of hydrogen-bond donors (Lipinski definition) is 1. The van der Waals surface area contributed by atoms with Gasteiger partial charge in [0.1, 0.15) is 6.54 Å². The number of likely N-dealkylation sites (tertiary alicyclic amines) is 1. The highest BCUT2D eigenvalue weighted by molar-refractivity contribution is 9.12. The van der Waals surface area contributed by atoms with Crippen molar-refractivity contribution in [2.24, 2.45) is 23.7 Å². The first-order valence-corrected chi connectivity index (χ1v) is 11.8. The van der Waals surface area contributed by atoms with E-state index in [0.29, 0.717) is 0 Å². The third-order valence-electron chi connectivity index (χ3n) is 6.41. The van der Waals surface area contributed by atoms with Crippen molar-refractivity contribution < 1.29 is 23.9 Å². The standard InChI is InChI=1S/C21H22Br2N2O5/c1-10(11-5-3-2-4-6-11)24-14(26)9-30-15(27)8-25-20(28)16-12-7-13(17(16)21(25)29)19(23)18(12)22/h2-6,10,12-13,16-19H,7-9H2,1H3,(H,24,26)/t10-,12+,13+,16-,17+,18-,19-/m0/s1. The topological polar surface area (TPSA) is 92.8 Å². The molecule has 0 aromatic heterocycles. The van der Waals surface area contributed by atoms with Gasteiger partial charge in [0.15, 0.2) is 6.61 Å². The third kappa shape index (κ3) is 3.70. The van der Waals surface area contributed by atoms with Crippen molar-refractivity contribution in [3.05, 3.63) is 35.9 Å². The summed E-state index contributed by atoms with van der Waals surface area (Å²) in [6, 6.07) is 9.18. The molecule has 0 spiro atoms. The van der Waals surface area contributed by atoms with Gasteiger partial charge in [-0.2, -0.15) is 0 Å². The first-order chi connectivity index (χ1) is 14.3. The normalized spacial score (nSPS) is 32.8. The minimum Gasteiger partial charge on any atom is -0.454 e. The average Bonchev–Trinajstić information content (AvgIpc) is 3.34. The lowest BCUT2D eigenvalue weighted by atomic mass is 9.81. The molecule has 4 rings (SSSR count). The first kappa shape index (κ1) is 21.5. The van der Waals surface area contributed by atoms with E-state index in [-0.39, 0.29) is 51.2 Å². The van der Waals surface area contributed by atoms with Crippen molar-refractivity contribution in [1.82, 2.24) is 10.2 Å². The number of ether oxygens (including phenoxy) is 1. The zero-order valence-electron chi connectivity index (χ0n) is 16.3. The predicted octanol–water partition coefficient (Wildman–Crippen LogP) is 2.18. The summed E-state index contributed by atoms with van der Waals surface area (Å²) in [7, 11) is 0. The van der Waals surface area contributed by atoms with E-state index in [1.807, 2.05) is 37.3 Å². The molecule has 1 aromatic rings. The lowest BCUT2D eigenvalue weighted by molar-refractivity contribution is -0.155. The largest absolute Gasteiger partial charge is 0.454 e. The monoisotopic (exact) mass is 540 g/mol. The molecule has 1 saturated heterocycles. The van der Waals surface area contributed by atoms with E-state index in [2.05, 4.69) is 37.2 Å². The van der Waals surface area contributed by atoms with E-state index in [9.17, 15) is 19.2 Å². The molecule has 3 fully saturated rings. The van der Waals surface area contributed by atoms with Gasteiger partial charge in [0, 0.05) is 9.65 Å². The molecule has 2 bridgehead atoms. The van der Waals surface area contributed by atoms with Gasteiger partial charge >= 0.3 is 5.97 Å². The van der Waals surface area contributed by atoms with Gasteiger partial charge in [-0.1, -0.05) is 62.2 Å². The Morgan fingerprint density at radius 1 is 1.10 bits per heavy atom. The Bertz CT molecular complexity index is 847. The highest BCUT2D eigenvalue weighted by atomic mass is 79.9. The summed E-state index contributed by atoms with van der Waals surface area (Å²) in [4.78, 5) is 51.2. The molecule has 7 atom stereocenters. The predicted molar refractivity (Wildman–Crippen MR) is 115 cm³/mol. The molecule has 9 heteroatoms. The quantitative estimate of drug-likeness (QED) is 0.338. The zero-order valence-corrected chi connectivity index (χ0v) is 19.5. The molecule has 30 heavy (non-hydrogen) atoms. The maximum Gasteiger partial charge on any atom is 0.326 e. The second-order valence-electron chi connectivity index (χ2n) is 8.13. The lowest BCUT2D eigenvalue weighted by Crippen LogP contribution is -2.39. The Labute approximate surface area is 191 Å². The fourth-order valence-electron chi connectivity index (χ4n) is 5.00. The summed E-state index contributed by atoms with van der Waals surface area (Å²) in [6.07, 6.45) is 0.830. The van der Waals surface area contributed by atoms with E-state index in [1.165, 1.54) is 0 Å². The Kier molecular flexibility index (Phi) is 6.03. The van der Waals surface area contributed by atoms with Crippen LogP contribution in [0.25, 0.3) is 0 Å². The van der Waals surface area contributed by atoms with Gasteiger partial charge < -0.3 is 10.1 Å². The molecule has 0 radical (unpaired) electrons. The molecule has 1 heterocycles. The zero-order chi connectivity index (χ0) is 21.6. The molecule has 0 unspecified atom stereocenters. The lowest BCUT2D eigenvalue weighted by Gasteiger charge is -2.28. The maximum absolute atomic E-state index is 12.8. The second kappa shape index (κ2) is 8.42. The number of rotatable bonds is 6. The van der Waals surface area contributed by atoms with Gasteiger partial charge in [-0.05, 0) is 30.7 Å². The van der Waals surface area contributed by atoms with E-state index in [0.717, 1.165) is 16.9 Å². The molecular formula is C21H22Br2N2O5. The number of fused-ring (bicyclic) bond motifs is 5. The Balaban J connectivity index is 1.29. The molecule has 1 N–H and O–H groups in total. The van der Waals surface area contributed by atoms with Crippen molar-refractivity contribution in [3.63, 3.8) is 0 Å². The molecular weight excluding hydrogens is 520 g/mol. The average molecular weight is 542 g/mol. The number of hydrogen-bond acceptors (Lipinski definition) is 5. The number of amides is 3. The Hall–Kier alpha value is -1.74. The molecule has 7 nitrogen and oxygen atoms in total. The third-order valence-corrected chi connectivity index (χ3v) is 9.61. The number of nitrogens with zero attached hydrogens (tertiary/aromatic N) is 1. The smallest absolute Gasteiger partial charge is 0.326 e. The van der Waals surface area contributed by atoms with Crippen LogP contribution >= 0.6 is 31.9 Å². The number of alkyl halides is 2. The maximum atomic E-state index is 12.8. The molecule has 3 aliphatic rings. The van der Waals surface area contributed by atoms with Crippen LogP contribution in [0.2, 0.25) is 0 Å². The van der Waals surface area contributed by atoms with Gasteiger partial charge in [-0.3, -0.25) is 24.1 Å². The van der Waals surface area contributed by atoms with Crippen molar-refractivity contribution in [2.45, 2.75) is 29.0 Å². The Morgan fingerprint density at radius 2 is 1.67 bits per heavy atom. The van der Waals surface area contributed by atoms with Gasteiger partial charge in [-0.15, -0.1) is 0 Å². The summed E-state index contributed by atoms with van der Waals surface area (Å²) in [5.74, 6) is -2.39. The highest BCUT2D eigenvalue weighted by Crippen LogP contribution is 2.60. The van der Waals surface area contributed by atoms with Gasteiger partial charge in [0.05, 0.1) is 17.9 Å². The van der Waals surface area contributed by atoms with Gasteiger partial charge in [-0.25, -0.2) is 0 Å². The SMILES string of the molecule is C[C@H](NC(=O)COC(=O)CN1C(=O)[C@@H]2[C@H]3C[C@@H]([C@H](Br)[C@H]3Br)[C@@H]2C1=O)c1ccccc1. The number of esters is 1. The summed E-state index contributed by atoms with van der Waals surface area (Å²) < 4.78 is 5.02. The van der Waals surface area contributed by atoms with Crippen LogP contribution in [0.5, 0.6) is 0 Å². The number of benzene rings is 1. The minimum absolute atomic E-state index is 0.0899. The summed E-state index contributed by atoms with van der Waals surface area (Å²) in [6.45, 7) is 0.917. The van der Waals surface area contributed by atoms with Crippen LogP contribution in [-0.2, 0) is 23.9 Å². The summed E-state index contributed by atoms with van der Waals surface area (Å²) >= 11 is 7.26. The number of nitrogens with one attached hydrogen (secondary N) is 1. The van der Waals surface area contributed by atoms with Gasteiger partial charge in [0.25, 0.3) is 5.91 Å². The van der Waals surface area contributed by atoms with Crippen LogP contribution in [0.3, 0.4) is 0 Å². The molecule has 1 aromatic carbocycles. The van der Waals surface area contributed by atoms with Crippen LogP contribution < -0.4 is 5.32 Å². The highest BCUT2D eigenvalue weighted by Gasteiger charge is 2.66. The van der Waals surface area contributed by atoms with Crippen molar-refractivity contribution in [1.29, 1.82) is 0 Å². The van der Waals surface area contributed by atoms with Gasteiger partial charge in [0.2, 0.25) is 11.8 Å². The number of halogens is 2. The van der Waals surface area contributed by atoms with E-state index in [1.54, 1.807) is 0 Å². The number of imide groups is 1. The molecule has 2 saturated carbocycles. The summed E-state index contributed by atoms with van der Waals surface area (Å²) in [5.41, 5.74) is 0.932. The second-order valence-corrected chi connectivity index (χ2v) is 10.2. The van der Waals surface area contributed by atoms with Crippen LogP contribution in [0.15, 0.2) is 30.3 Å². The summed E-state index contributed by atoms with van der Waals surface area (Å²) in [5, 5.41) is 2.75.